The Labute approximate surface area is 113 Å². The smallest absolute Gasteiger partial charge is 0.328 e. The van der Waals surface area contributed by atoms with Gasteiger partial charge in [0.2, 0.25) is 0 Å². The first kappa shape index (κ1) is 14.7. The summed E-state index contributed by atoms with van der Waals surface area (Å²) in [5.41, 5.74) is 0.344. The number of amides is 1. The highest BCUT2D eigenvalue weighted by Crippen LogP contribution is 2.15. The fourth-order valence-corrected chi connectivity index (χ4v) is 1.99. The van der Waals surface area contributed by atoms with Crippen molar-refractivity contribution in [3.8, 4) is 0 Å². The van der Waals surface area contributed by atoms with Crippen LogP contribution >= 0.6 is 15.9 Å². The predicted octanol–water partition coefficient (Wildman–Crippen LogP) is 0.834. The van der Waals surface area contributed by atoms with E-state index in [-0.39, 0.29) is 0 Å². The van der Waals surface area contributed by atoms with Crippen LogP contribution in [0.4, 0.5) is 0 Å². The van der Waals surface area contributed by atoms with Gasteiger partial charge in [-0.25, -0.2) is 4.79 Å². The van der Waals surface area contributed by atoms with E-state index in [9.17, 15) is 14.7 Å². The first-order valence-electron chi connectivity index (χ1n) is 5.44. The number of nitrogens with one attached hydrogen (secondary N) is 1. The third-order valence-corrected chi connectivity index (χ3v) is 2.91. The lowest BCUT2D eigenvalue weighted by molar-refractivity contribution is -0.141. The highest BCUT2D eigenvalue weighted by Gasteiger charge is 2.26. The predicted molar refractivity (Wildman–Crippen MR) is 68.4 cm³/mol. The number of halogens is 1. The maximum absolute atomic E-state index is 11.9. The molecule has 3 N–H and O–H groups in total. The van der Waals surface area contributed by atoms with E-state index in [4.69, 9.17) is 5.11 Å². The summed E-state index contributed by atoms with van der Waals surface area (Å²) in [6.07, 6.45) is 0.562. The molecule has 0 bridgehead atoms. The van der Waals surface area contributed by atoms with Crippen LogP contribution in [0.5, 0.6) is 0 Å². The molecule has 100 valence electrons. The summed E-state index contributed by atoms with van der Waals surface area (Å²) < 4.78 is 2.42. The Balaban J connectivity index is 2.90. The van der Waals surface area contributed by atoms with Crippen molar-refractivity contribution >= 4 is 27.8 Å². The van der Waals surface area contributed by atoms with E-state index in [0.717, 1.165) is 4.47 Å². The zero-order valence-electron chi connectivity index (χ0n) is 10.1. The van der Waals surface area contributed by atoms with Crippen LogP contribution in [0.15, 0.2) is 16.7 Å². The summed E-state index contributed by atoms with van der Waals surface area (Å²) in [6.45, 7) is 3.77. The van der Waals surface area contributed by atoms with Crippen LogP contribution in [0.25, 0.3) is 0 Å². The molecule has 1 heterocycles. The largest absolute Gasteiger partial charge is 0.480 e. The van der Waals surface area contributed by atoms with Crippen molar-refractivity contribution in [2.75, 3.05) is 0 Å². The maximum Gasteiger partial charge on any atom is 0.328 e. The Morgan fingerprint density at radius 2 is 2.17 bits per heavy atom. The molecule has 18 heavy (non-hydrogen) atoms. The van der Waals surface area contributed by atoms with Gasteiger partial charge < -0.3 is 20.1 Å². The molecule has 0 unspecified atom stereocenters. The van der Waals surface area contributed by atoms with Crippen molar-refractivity contribution in [3.63, 3.8) is 0 Å². The summed E-state index contributed by atoms with van der Waals surface area (Å²) in [4.78, 5) is 22.8. The number of aliphatic carboxylic acids is 1. The van der Waals surface area contributed by atoms with Gasteiger partial charge in [0.05, 0.1) is 6.10 Å². The van der Waals surface area contributed by atoms with Crippen molar-refractivity contribution < 1.29 is 19.8 Å². The summed E-state index contributed by atoms with van der Waals surface area (Å²) in [7, 11) is 0. The highest BCUT2D eigenvalue weighted by atomic mass is 79.9. The molecule has 7 heteroatoms. The Morgan fingerprint density at radius 1 is 1.56 bits per heavy atom. The second-order valence-corrected chi connectivity index (χ2v) is 4.78. The molecule has 0 radical (unpaired) electrons. The lowest BCUT2D eigenvalue weighted by atomic mass is 10.2. The molecule has 0 saturated carbocycles. The molecule has 6 nitrogen and oxygen atoms in total. The lowest BCUT2D eigenvalue weighted by Gasteiger charge is -2.17. The number of carboxylic acids is 1. The molecule has 2 atom stereocenters. The van der Waals surface area contributed by atoms with E-state index < -0.39 is 24.0 Å². The second kappa shape index (κ2) is 6.01. The van der Waals surface area contributed by atoms with Crippen molar-refractivity contribution in [1.29, 1.82) is 0 Å². The summed E-state index contributed by atoms with van der Waals surface area (Å²) in [5.74, 6) is -1.80. The number of carbonyl (C=O) groups is 2. The third kappa shape index (κ3) is 3.33. The standard InChI is InChI=1S/C11H15BrN2O4/c1-3-14-5-7(12)4-8(14)10(16)13-9(6(2)15)11(17)18/h4-6,9,15H,3H2,1-2H3,(H,13,16)(H,17,18)/t6-,9+/m1/s1. The molecular formula is C11H15BrN2O4. The lowest BCUT2D eigenvalue weighted by Crippen LogP contribution is -2.48. The minimum Gasteiger partial charge on any atom is -0.480 e. The Kier molecular flexibility index (Phi) is 4.92. The van der Waals surface area contributed by atoms with Crippen LogP contribution in [0.2, 0.25) is 0 Å². The molecule has 0 aliphatic carbocycles. The minimum atomic E-state index is -1.32. The van der Waals surface area contributed by atoms with Crippen molar-refractivity contribution in [3.05, 3.63) is 22.4 Å². The van der Waals surface area contributed by atoms with Gasteiger partial charge in [-0.05, 0) is 35.8 Å². The van der Waals surface area contributed by atoms with E-state index in [1.807, 2.05) is 6.92 Å². The summed E-state index contributed by atoms with van der Waals surface area (Å²) >= 11 is 3.25. The molecule has 0 aliphatic rings. The molecule has 0 aromatic carbocycles. The first-order chi connectivity index (χ1) is 8.36. The Morgan fingerprint density at radius 3 is 2.61 bits per heavy atom. The fraction of sp³-hybridized carbons (Fsp3) is 0.455. The average molecular weight is 319 g/mol. The number of carbonyl (C=O) groups excluding carboxylic acids is 1. The van der Waals surface area contributed by atoms with E-state index in [1.165, 1.54) is 6.92 Å². The van der Waals surface area contributed by atoms with Crippen molar-refractivity contribution in [2.45, 2.75) is 32.5 Å². The molecule has 1 rings (SSSR count). The van der Waals surface area contributed by atoms with Crippen LogP contribution in [-0.2, 0) is 11.3 Å². The normalized spacial score (nSPS) is 14.0. The van der Waals surface area contributed by atoms with E-state index in [0.29, 0.717) is 12.2 Å². The van der Waals surface area contributed by atoms with Crippen LogP contribution in [0.3, 0.4) is 0 Å². The molecule has 0 aliphatic heterocycles. The quantitative estimate of drug-likeness (QED) is 0.750. The van der Waals surface area contributed by atoms with Gasteiger partial charge in [0.1, 0.15) is 5.69 Å². The number of hydrogen-bond donors (Lipinski definition) is 3. The molecule has 1 aromatic heterocycles. The van der Waals surface area contributed by atoms with E-state index >= 15 is 0 Å². The molecule has 0 fully saturated rings. The summed E-state index contributed by atoms with van der Waals surface area (Å²) in [6, 6.07) is 0.274. The van der Waals surface area contributed by atoms with Gasteiger partial charge in [-0.2, -0.15) is 0 Å². The van der Waals surface area contributed by atoms with Crippen LogP contribution < -0.4 is 5.32 Å². The SMILES string of the molecule is CCn1cc(Br)cc1C(=O)N[C@H](C(=O)O)[C@@H](C)O. The fourth-order valence-electron chi connectivity index (χ4n) is 1.53. The number of rotatable bonds is 5. The first-order valence-corrected chi connectivity index (χ1v) is 6.23. The Bertz CT molecular complexity index is 456. The van der Waals surface area contributed by atoms with Gasteiger partial charge in [-0.1, -0.05) is 0 Å². The van der Waals surface area contributed by atoms with E-state index in [1.54, 1.807) is 16.8 Å². The van der Waals surface area contributed by atoms with Crippen LogP contribution in [0, 0.1) is 0 Å². The van der Waals surface area contributed by atoms with Crippen molar-refractivity contribution in [1.82, 2.24) is 9.88 Å². The molecule has 0 saturated heterocycles. The molecule has 1 aromatic rings. The summed E-state index contributed by atoms with van der Waals surface area (Å²) in [5, 5.41) is 20.5. The third-order valence-electron chi connectivity index (χ3n) is 2.47. The van der Waals surface area contributed by atoms with Gasteiger partial charge in [0.25, 0.3) is 5.91 Å². The number of aromatic nitrogens is 1. The minimum absolute atomic E-state index is 0.344. The van der Waals surface area contributed by atoms with E-state index in [2.05, 4.69) is 21.2 Å². The van der Waals surface area contributed by atoms with Gasteiger partial charge in [0.15, 0.2) is 6.04 Å². The van der Waals surface area contributed by atoms with Crippen LogP contribution in [-0.4, -0.2) is 38.8 Å². The molecular weight excluding hydrogens is 304 g/mol. The maximum atomic E-state index is 11.9. The van der Waals surface area contributed by atoms with Crippen molar-refractivity contribution in [2.24, 2.45) is 0 Å². The highest BCUT2D eigenvalue weighted by molar-refractivity contribution is 9.10. The van der Waals surface area contributed by atoms with Gasteiger partial charge in [-0.15, -0.1) is 0 Å². The number of aryl methyl sites for hydroxylation is 1. The number of carboxylic acid groups (broad SMARTS) is 1. The number of aliphatic hydroxyl groups excluding tert-OH is 1. The molecule has 0 spiro atoms. The van der Waals surface area contributed by atoms with Crippen LogP contribution in [0.1, 0.15) is 24.3 Å². The topological polar surface area (TPSA) is 91.6 Å². The van der Waals surface area contributed by atoms with Gasteiger partial charge in [-0.3, -0.25) is 4.79 Å². The number of hydrogen-bond acceptors (Lipinski definition) is 3. The molecule has 1 amide bonds. The number of aliphatic hydroxyl groups is 1. The Hall–Kier alpha value is -1.34. The second-order valence-electron chi connectivity index (χ2n) is 3.86. The number of nitrogens with zero attached hydrogens (tertiary/aromatic N) is 1. The van der Waals surface area contributed by atoms with Gasteiger partial charge >= 0.3 is 5.97 Å². The zero-order chi connectivity index (χ0) is 13.9. The zero-order valence-corrected chi connectivity index (χ0v) is 11.6. The monoisotopic (exact) mass is 318 g/mol. The van der Waals surface area contributed by atoms with Gasteiger partial charge in [0, 0.05) is 17.2 Å². The average Bonchev–Trinajstić information content (AvgIpc) is 2.66.